The van der Waals surface area contributed by atoms with Gasteiger partial charge in [-0.25, -0.2) is 0 Å². The lowest BCUT2D eigenvalue weighted by Gasteiger charge is -2.14. The zero-order chi connectivity index (χ0) is 17.0. The van der Waals surface area contributed by atoms with Crippen molar-refractivity contribution in [3.05, 3.63) is 71.3 Å². The first-order chi connectivity index (χ1) is 11.8. The molecule has 0 saturated carbocycles. The topological polar surface area (TPSA) is 45.6 Å². The molecular formula is C20H28IN3O. The van der Waals surface area contributed by atoms with Crippen molar-refractivity contribution in [3.8, 4) is 0 Å². The summed E-state index contributed by atoms with van der Waals surface area (Å²) in [5.41, 5.74) is 3.68. The van der Waals surface area contributed by atoms with E-state index in [2.05, 4.69) is 58.9 Å². The predicted octanol–water partition coefficient (Wildman–Crippen LogP) is 4.10. The minimum Gasteiger partial charge on any atom is -0.377 e. The molecule has 2 rings (SSSR count). The van der Waals surface area contributed by atoms with E-state index in [4.69, 9.17) is 4.74 Å². The Balaban J connectivity index is 0.00000312. The molecule has 136 valence electrons. The second-order valence-electron chi connectivity index (χ2n) is 5.59. The summed E-state index contributed by atoms with van der Waals surface area (Å²) in [4.78, 5) is 4.29. The van der Waals surface area contributed by atoms with Gasteiger partial charge in [0, 0.05) is 26.7 Å². The van der Waals surface area contributed by atoms with Gasteiger partial charge in [-0.05, 0) is 23.1 Å². The average Bonchev–Trinajstić information content (AvgIpc) is 2.64. The summed E-state index contributed by atoms with van der Waals surface area (Å²) in [5.74, 6) is 0.795. The lowest BCUT2D eigenvalue weighted by atomic mass is 10.1. The number of hydrogen-bond donors (Lipinski definition) is 2. The van der Waals surface area contributed by atoms with Crippen molar-refractivity contribution < 1.29 is 4.74 Å². The molecule has 2 aromatic carbocycles. The summed E-state index contributed by atoms with van der Waals surface area (Å²) >= 11 is 0. The molecule has 0 aliphatic carbocycles. The molecule has 25 heavy (non-hydrogen) atoms. The molecule has 0 aromatic heterocycles. The Hall–Kier alpha value is -1.60. The second kappa shape index (κ2) is 12.7. The normalized spacial score (nSPS) is 10.9. The molecule has 0 unspecified atom stereocenters. The summed E-state index contributed by atoms with van der Waals surface area (Å²) in [6, 6.07) is 18.7. The maximum absolute atomic E-state index is 5.67. The fourth-order valence-corrected chi connectivity index (χ4v) is 2.38. The van der Waals surface area contributed by atoms with Gasteiger partial charge in [0.05, 0.1) is 6.61 Å². The van der Waals surface area contributed by atoms with Gasteiger partial charge in [0.15, 0.2) is 5.96 Å². The molecule has 0 fully saturated rings. The highest BCUT2D eigenvalue weighted by Crippen LogP contribution is 2.10. The minimum atomic E-state index is 0. The van der Waals surface area contributed by atoms with Gasteiger partial charge in [0.25, 0.3) is 0 Å². The number of guanidine groups is 1. The van der Waals surface area contributed by atoms with Crippen LogP contribution in [0.2, 0.25) is 0 Å². The summed E-state index contributed by atoms with van der Waals surface area (Å²) in [5, 5.41) is 6.71. The number of nitrogens with one attached hydrogen (secondary N) is 2. The predicted molar refractivity (Wildman–Crippen MR) is 115 cm³/mol. The minimum absolute atomic E-state index is 0. The molecular weight excluding hydrogens is 425 g/mol. The van der Waals surface area contributed by atoms with Crippen LogP contribution in [0.4, 0.5) is 0 Å². The molecule has 0 bridgehead atoms. The van der Waals surface area contributed by atoms with Crippen LogP contribution in [0.15, 0.2) is 59.6 Å². The Morgan fingerprint density at radius 3 is 2.24 bits per heavy atom. The van der Waals surface area contributed by atoms with Crippen LogP contribution in [0.5, 0.6) is 0 Å². The van der Waals surface area contributed by atoms with E-state index in [1.807, 2.05) is 18.2 Å². The highest BCUT2D eigenvalue weighted by molar-refractivity contribution is 14.0. The van der Waals surface area contributed by atoms with Gasteiger partial charge < -0.3 is 15.4 Å². The smallest absolute Gasteiger partial charge is 0.191 e. The van der Waals surface area contributed by atoms with Crippen LogP contribution in [-0.4, -0.2) is 19.6 Å². The third kappa shape index (κ3) is 7.88. The van der Waals surface area contributed by atoms with E-state index >= 15 is 0 Å². The van der Waals surface area contributed by atoms with Crippen molar-refractivity contribution in [2.75, 3.05) is 13.7 Å². The standard InChI is InChI=1S/C20H27N3O.HI/c1-3-13-24-16-19-12-8-7-11-18(19)15-23-20(21-2)22-14-17-9-5-4-6-10-17;/h4-12H,3,13-16H2,1-2H3,(H2,21,22,23);1H. The first-order valence-corrected chi connectivity index (χ1v) is 8.46. The van der Waals surface area contributed by atoms with E-state index in [1.165, 1.54) is 16.7 Å². The summed E-state index contributed by atoms with van der Waals surface area (Å²) < 4.78 is 5.67. The molecule has 2 N–H and O–H groups in total. The molecule has 0 atom stereocenters. The van der Waals surface area contributed by atoms with E-state index < -0.39 is 0 Å². The zero-order valence-corrected chi connectivity index (χ0v) is 17.3. The maximum Gasteiger partial charge on any atom is 0.191 e. The quantitative estimate of drug-likeness (QED) is 0.274. The van der Waals surface area contributed by atoms with E-state index in [0.29, 0.717) is 6.61 Å². The van der Waals surface area contributed by atoms with Crippen molar-refractivity contribution in [2.45, 2.75) is 33.0 Å². The third-order valence-corrected chi connectivity index (χ3v) is 3.70. The van der Waals surface area contributed by atoms with Gasteiger partial charge in [-0.3, -0.25) is 4.99 Å². The van der Waals surface area contributed by atoms with Gasteiger partial charge >= 0.3 is 0 Å². The zero-order valence-electron chi connectivity index (χ0n) is 15.0. The van der Waals surface area contributed by atoms with Crippen molar-refractivity contribution in [2.24, 2.45) is 4.99 Å². The van der Waals surface area contributed by atoms with Gasteiger partial charge in [-0.1, -0.05) is 61.5 Å². The number of nitrogens with zero attached hydrogens (tertiary/aromatic N) is 1. The maximum atomic E-state index is 5.67. The van der Waals surface area contributed by atoms with Crippen LogP contribution in [0.3, 0.4) is 0 Å². The lowest BCUT2D eigenvalue weighted by Crippen LogP contribution is -2.36. The fourth-order valence-electron chi connectivity index (χ4n) is 2.38. The Labute approximate surface area is 168 Å². The van der Waals surface area contributed by atoms with E-state index in [0.717, 1.165) is 32.1 Å². The highest BCUT2D eigenvalue weighted by atomic mass is 127. The molecule has 4 nitrogen and oxygen atoms in total. The highest BCUT2D eigenvalue weighted by Gasteiger charge is 2.04. The lowest BCUT2D eigenvalue weighted by molar-refractivity contribution is 0.121. The van der Waals surface area contributed by atoms with E-state index in [9.17, 15) is 0 Å². The molecule has 2 aromatic rings. The third-order valence-electron chi connectivity index (χ3n) is 3.70. The first-order valence-electron chi connectivity index (χ1n) is 8.46. The molecule has 5 heteroatoms. The van der Waals surface area contributed by atoms with Crippen LogP contribution < -0.4 is 10.6 Å². The number of hydrogen-bond acceptors (Lipinski definition) is 2. The summed E-state index contributed by atoms with van der Waals surface area (Å²) in [6.45, 7) is 5.04. The number of aliphatic imine (C=N–C) groups is 1. The van der Waals surface area contributed by atoms with Crippen molar-refractivity contribution in [1.82, 2.24) is 10.6 Å². The van der Waals surface area contributed by atoms with E-state index in [1.54, 1.807) is 7.05 Å². The van der Waals surface area contributed by atoms with Crippen molar-refractivity contribution in [1.29, 1.82) is 0 Å². The summed E-state index contributed by atoms with van der Waals surface area (Å²) in [6.07, 6.45) is 1.04. The summed E-state index contributed by atoms with van der Waals surface area (Å²) in [7, 11) is 1.79. The molecule has 0 saturated heterocycles. The molecule has 0 amide bonds. The van der Waals surface area contributed by atoms with Crippen molar-refractivity contribution >= 4 is 29.9 Å². The Kier molecular flexibility index (Phi) is 10.9. The monoisotopic (exact) mass is 453 g/mol. The van der Waals surface area contributed by atoms with Gasteiger partial charge in [-0.2, -0.15) is 0 Å². The average molecular weight is 453 g/mol. The van der Waals surface area contributed by atoms with Crippen LogP contribution in [0.25, 0.3) is 0 Å². The molecule has 0 heterocycles. The Morgan fingerprint density at radius 1 is 0.920 bits per heavy atom. The Morgan fingerprint density at radius 2 is 1.56 bits per heavy atom. The largest absolute Gasteiger partial charge is 0.377 e. The van der Waals surface area contributed by atoms with Gasteiger partial charge in [0.2, 0.25) is 0 Å². The van der Waals surface area contributed by atoms with Crippen LogP contribution in [-0.2, 0) is 24.4 Å². The van der Waals surface area contributed by atoms with E-state index in [-0.39, 0.29) is 24.0 Å². The van der Waals surface area contributed by atoms with Crippen LogP contribution in [0, 0.1) is 0 Å². The fraction of sp³-hybridized carbons (Fsp3) is 0.350. The number of halogens is 1. The molecule has 0 radical (unpaired) electrons. The molecule has 0 aliphatic heterocycles. The number of rotatable bonds is 8. The number of benzene rings is 2. The van der Waals surface area contributed by atoms with Crippen molar-refractivity contribution in [3.63, 3.8) is 0 Å². The van der Waals surface area contributed by atoms with Crippen LogP contribution >= 0.6 is 24.0 Å². The number of ether oxygens (including phenoxy) is 1. The Bertz CT molecular complexity index is 632. The van der Waals surface area contributed by atoms with Gasteiger partial charge in [0.1, 0.15) is 0 Å². The molecule has 0 aliphatic rings. The second-order valence-corrected chi connectivity index (χ2v) is 5.59. The first kappa shape index (κ1) is 21.4. The van der Waals surface area contributed by atoms with Gasteiger partial charge in [-0.15, -0.1) is 24.0 Å². The molecule has 0 spiro atoms. The van der Waals surface area contributed by atoms with Crippen LogP contribution in [0.1, 0.15) is 30.0 Å². The SMILES string of the molecule is CCCOCc1ccccc1CNC(=NC)NCc1ccccc1.I.